The van der Waals surface area contributed by atoms with E-state index in [9.17, 15) is 8.78 Å². The molecule has 0 saturated heterocycles. The first kappa shape index (κ1) is 17.4. The first-order valence-electron chi connectivity index (χ1n) is 7.13. The van der Waals surface area contributed by atoms with Crippen molar-refractivity contribution in [3.05, 3.63) is 35.4 Å². The summed E-state index contributed by atoms with van der Waals surface area (Å²) in [6.07, 6.45) is 1.79. The number of thioether (sulfide) groups is 1. The number of rotatable bonds is 7. The molecule has 0 radical (unpaired) electrons. The number of nitrogens with one attached hydrogen (secondary N) is 1. The molecule has 0 saturated carbocycles. The van der Waals surface area contributed by atoms with E-state index in [1.807, 2.05) is 11.8 Å². The Labute approximate surface area is 125 Å². The van der Waals surface area contributed by atoms with Crippen molar-refractivity contribution < 1.29 is 8.78 Å². The zero-order valence-corrected chi connectivity index (χ0v) is 13.6. The summed E-state index contributed by atoms with van der Waals surface area (Å²) in [5.41, 5.74) is 0.840. The van der Waals surface area contributed by atoms with E-state index in [0.717, 1.165) is 30.7 Å². The van der Waals surface area contributed by atoms with Crippen LogP contribution >= 0.6 is 11.8 Å². The molecule has 0 aromatic heterocycles. The highest BCUT2D eigenvalue weighted by molar-refractivity contribution is 8.00. The number of benzene rings is 1. The predicted octanol–water partition coefficient (Wildman–Crippen LogP) is 4.41. The summed E-state index contributed by atoms with van der Waals surface area (Å²) in [7, 11) is 0. The Bertz CT molecular complexity index is 415. The minimum atomic E-state index is -0.782. The second-order valence-electron chi connectivity index (χ2n) is 6.03. The van der Waals surface area contributed by atoms with Gasteiger partial charge in [0, 0.05) is 16.5 Å². The van der Waals surface area contributed by atoms with E-state index in [4.69, 9.17) is 0 Å². The number of hydrogen-bond donors (Lipinski definition) is 1. The molecule has 0 bridgehead atoms. The quantitative estimate of drug-likeness (QED) is 0.801. The van der Waals surface area contributed by atoms with Gasteiger partial charge in [0.2, 0.25) is 0 Å². The van der Waals surface area contributed by atoms with Gasteiger partial charge in [0.15, 0.2) is 11.6 Å². The highest BCUT2D eigenvalue weighted by Crippen LogP contribution is 2.24. The summed E-state index contributed by atoms with van der Waals surface area (Å²) < 4.78 is 26.4. The van der Waals surface area contributed by atoms with Crippen molar-refractivity contribution in [3.8, 4) is 0 Å². The molecule has 0 spiro atoms. The fourth-order valence-electron chi connectivity index (χ4n) is 1.84. The van der Waals surface area contributed by atoms with Gasteiger partial charge < -0.3 is 5.32 Å². The van der Waals surface area contributed by atoms with Crippen molar-refractivity contribution in [1.29, 1.82) is 0 Å². The zero-order chi connectivity index (χ0) is 15.2. The Morgan fingerprint density at radius 1 is 1.20 bits per heavy atom. The third-order valence-electron chi connectivity index (χ3n) is 2.87. The normalized spacial score (nSPS) is 13.5. The van der Waals surface area contributed by atoms with Crippen molar-refractivity contribution >= 4 is 11.8 Å². The van der Waals surface area contributed by atoms with Gasteiger partial charge in [0.1, 0.15) is 0 Å². The summed E-state index contributed by atoms with van der Waals surface area (Å²) in [6, 6.07) is 4.46. The van der Waals surface area contributed by atoms with Gasteiger partial charge in [-0.05, 0) is 37.1 Å². The first-order chi connectivity index (χ1) is 9.31. The fourth-order valence-corrected chi connectivity index (χ4v) is 2.78. The average Bonchev–Trinajstić information content (AvgIpc) is 2.36. The lowest BCUT2D eigenvalue weighted by Gasteiger charge is -2.24. The van der Waals surface area contributed by atoms with E-state index in [1.165, 1.54) is 12.1 Å². The van der Waals surface area contributed by atoms with Crippen molar-refractivity contribution in [2.75, 3.05) is 12.3 Å². The summed E-state index contributed by atoms with van der Waals surface area (Å²) in [5, 5.41) is 3.49. The molecule has 4 heteroatoms. The average molecular weight is 301 g/mol. The maximum Gasteiger partial charge on any atom is 0.159 e. The van der Waals surface area contributed by atoms with Gasteiger partial charge in [0.05, 0.1) is 0 Å². The van der Waals surface area contributed by atoms with Crippen LogP contribution in [0, 0.1) is 11.6 Å². The predicted molar refractivity (Wildman–Crippen MR) is 84.4 cm³/mol. The summed E-state index contributed by atoms with van der Waals surface area (Å²) in [6.45, 7) is 9.63. The lowest BCUT2D eigenvalue weighted by molar-refractivity contribution is 0.503. The van der Waals surface area contributed by atoms with Crippen LogP contribution in [0.5, 0.6) is 0 Å². The monoisotopic (exact) mass is 301 g/mol. The molecule has 1 N–H and O–H groups in total. The van der Waals surface area contributed by atoms with Gasteiger partial charge in [0.25, 0.3) is 0 Å². The summed E-state index contributed by atoms with van der Waals surface area (Å²) >= 11 is 1.89. The van der Waals surface area contributed by atoms with Gasteiger partial charge in [-0.25, -0.2) is 8.78 Å². The third-order valence-corrected chi connectivity index (χ3v) is 4.30. The van der Waals surface area contributed by atoms with E-state index in [2.05, 4.69) is 33.0 Å². The molecule has 1 aromatic carbocycles. The molecule has 1 nitrogen and oxygen atoms in total. The molecule has 0 amide bonds. The molecule has 1 aromatic rings. The van der Waals surface area contributed by atoms with Crippen LogP contribution in [0.25, 0.3) is 0 Å². The standard InChI is InChI=1S/C16H25F2NS/c1-5-8-19-13(11-20-16(2,3)4)9-12-6-7-14(17)15(18)10-12/h6-7,10,13,19H,5,8-9,11H2,1-4H3. The van der Waals surface area contributed by atoms with E-state index in [-0.39, 0.29) is 10.8 Å². The fraction of sp³-hybridized carbons (Fsp3) is 0.625. The molecule has 1 unspecified atom stereocenters. The van der Waals surface area contributed by atoms with Crippen molar-refractivity contribution in [2.24, 2.45) is 0 Å². The Hall–Kier alpha value is -0.610. The van der Waals surface area contributed by atoms with Crippen LogP contribution in [0.3, 0.4) is 0 Å². The molecule has 0 aliphatic heterocycles. The second-order valence-corrected chi connectivity index (χ2v) is 7.87. The van der Waals surface area contributed by atoms with Crippen molar-refractivity contribution in [3.63, 3.8) is 0 Å². The van der Waals surface area contributed by atoms with Crippen molar-refractivity contribution in [2.45, 2.75) is 51.3 Å². The lowest BCUT2D eigenvalue weighted by Crippen LogP contribution is -2.35. The van der Waals surface area contributed by atoms with Crippen LogP contribution in [0.1, 0.15) is 39.7 Å². The minimum Gasteiger partial charge on any atom is -0.313 e. The van der Waals surface area contributed by atoms with Crippen LogP contribution in [0.2, 0.25) is 0 Å². The molecule has 0 heterocycles. The Morgan fingerprint density at radius 3 is 2.45 bits per heavy atom. The molecular formula is C16H25F2NS. The van der Waals surface area contributed by atoms with Gasteiger partial charge >= 0.3 is 0 Å². The van der Waals surface area contributed by atoms with E-state index >= 15 is 0 Å². The van der Waals surface area contributed by atoms with Crippen LogP contribution in [-0.2, 0) is 6.42 Å². The van der Waals surface area contributed by atoms with Gasteiger partial charge in [-0.15, -0.1) is 0 Å². The Balaban J connectivity index is 2.65. The van der Waals surface area contributed by atoms with Crippen LogP contribution in [0.4, 0.5) is 8.78 Å². The number of hydrogen-bond acceptors (Lipinski definition) is 2. The van der Waals surface area contributed by atoms with E-state index in [0.29, 0.717) is 0 Å². The third kappa shape index (κ3) is 6.71. The molecule has 20 heavy (non-hydrogen) atoms. The molecule has 114 valence electrons. The van der Waals surface area contributed by atoms with Crippen LogP contribution in [0.15, 0.2) is 18.2 Å². The minimum absolute atomic E-state index is 0.209. The molecule has 1 rings (SSSR count). The second kappa shape index (κ2) is 7.99. The van der Waals surface area contributed by atoms with Gasteiger partial charge in [-0.1, -0.05) is 33.8 Å². The lowest BCUT2D eigenvalue weighted by atomic mass is 10.1. The molecule has 0 aliphatic rings. The molecule has 0 fully saturated rings. The highest BCUT2D eigenvalue weighted by atomic mass is 32.2. The van der Waals surface area contributed by atoms with E-state index in [1.54, 1.807) is 6.07 Å². The SMILES string of the molecule is CCCNC(CSC(C)(C)C)Cc1ccc(F)c(F)c1. The van der Waals surface area contributed by atoms with Crippen LogP contribution in [-0.4, -0.2) is 23.1 Å². The Morgan fingerprint density at radius 2 is 1.90 bits per heavy atom. The van der Waals surface area contributed by atoms with Gasteiger partial charge in [-0.3, -0.25) is 0 Å². The molecule has 1 atom stereocenters. The summed E-state index contributed by atoms with van der Waals surface area (Å²) in [5.74, 6) is -0.584. The molecule has 0 aliphatic carbocycles. The molecular weight excluding hydrogens is 276 g/mol. The van der Waals surface area contributed by atoms with Crippen LogP contribution < -0.4 is 5.32 Å². The summed E-state index contributed by atoms with van der Waals surface area (Å²) in [4.78, 5) is 0. The maximum absolute atomic E-state index is 13.3. The van der Waals surface area contributed by atoms with Crippen molar-refractivity contribution in [1.82, 2.24) is 5.32 Å². The smallest absolute Gasteiger partial charge is 0.159 e. The van der Waals surface area contributed by atoms with Gasteiger partial charge in [-0.2, -0.15) is 11.8 Å². The zero-order valence-electron chi connectivity index (χ0n) is 12.8. The highest BCUT2D eigenvalue weighted by Gasteiger charge is 2.16. The largest absolute Gasteiger partial charge is 0.313 e. The number of halogens is 2. The van der Waals surface area contributed by atoms with E-state index < -0.39 is 11.6 Å². The first-order valence-corrected chi connectivity index (χ1v) is 8.11. The topological polar surface area (TPSA) is 12.0 Å². The maximum atomic E-state index is 13.3. The Kier molecular flexibility index (Phi) is 6.96.